The zero-order valence-electron chi connectivity index (χ0n) is 10.1. The molecular formula is C13H16N4O. The summed E-state index contributed by atoms with van der Waals surface area (Å²) in [5.41, 5.74) is 0.913. The van der Waals surface area contributed by atoms with E-state index in [4.69, 9.17) is 5.11 Å². The lowest BCUT2D eigenvalue weighted by atomic mass is 10.2. The summed E-state index contributed by atoms with van der Waals surface area (Å²) in [6.45, 7) is 0.531. The topological polar surface area (TPSA) is 70.1 Å². The fraction of sp³-hybridized carbons (Fsp3) is 0.385. The van der Waals surface area contributed by atoms with E-state index in [1.807, 2.05) is 24.3 Å². The molecule has 0 bridgehead atoms. The van der Waals surface area contributed by atoms with Crippen LogP contribution in [0.15, 0.2) is 24.3 Å². The lowest BCUT2D eigenvalue weighted by molar-refractivity contribution is 0.311. The summed E-state index contributed by atoms with van der Waals surface area (Å²) in [7, 11) is 0. The molecule has 3 rings (SSSR count). The third-order valence-corrected chi connectivity index (χ3v) is 2.92. The molecule has 3 N–H and O–H groups in total. The van der Waals surface area contributed by atoms with Crippen molar-refractivity contribution in [3.63, 3.8) is 0 Å². The van der Waals surface area contributed by atoms with Crippen molar-refractivity contribution in [1.82, 2.24) is 9.97 Å². The van der Waals surface area contributed by atoms with Gasteiger partial charge in [0.1, 0.15) is 5.82 Å². The van der Waals surface area contributed by atoms with Crippen LogP contribution in [0.1, 0.15) is 12.8 Å². The second-order valence-electron chi connectivity index (χ2n) is 4.48. The molecular weight excluding hydrogens is 228 g/mol. The Morgan fingerprint density at radius 2 is 2.06 bits per heavy atom. The standard InChI is InChI=1S/C13H16N4O/c18-8-7-14-13-16-11-4-2-1-3-10(11)12(17-13)15-9-5-6-9/h1-4,9,18H,5-8H2,(H2,14,15,16,17). The van der Waals surface area contributed by atoms with E-state index in [0.29, 0.717) is 18.5 Å². The van der Waals surface area contributed by atoms with Crippen molar-refractivity contribution < 1.29 is 5.11 Å². The van der Waals surface area contributed by atoms with Crippen LogP contribution in [0.3, 0.4) is 0 Å². The van der Waals surface area contributed by atoms with Crippen molar-refractivity contribution in [3.05, 3.63) is 24.3 Å². The highest BCUT2D eigenvalue weighted by Gasteiger charge is 2.22. The second kappa shape index (κ2) is 4.78. The van der Waals surface area contributed by atoms with Gasteiger partial charge in [0.2, 0.25) is 5.95 Å². The van der Waals surface area contributed by atoms with Crippen molar-refractivity contribution in [1.29, 1.82) is 0 Å². The van der Waals surface area contributed by atoms with E-state index in [2.05, 4.69) is 20.6 Å². The van der Waals surface area contributed by atoms with Crippen LogP contribution in [-0.4, -0.2) is 34.3 Å². The number of hydrogen-bond donors (Lipinski definition) is 3. The number of fused-ring (bicyclic) bond motifs is 1. The molecule has 0 atom stereocenters. The Labute approximate surface area is 105 Å². The highest BCUT2D eigenvalue weighted by Crippen LogP contribution is 2.28. The quantitative estimate of drug-likeness (QED) is 0.745. The van der Waals surface area contributed by atoms with Gasteiger partial charge in [-0.1, -0.05) is 12.1 Å². The Balaban J connectivity index is 1.98. The smallest absolute Gasteiger partial charge is 0.225 e. The molecule has 1 saturated carbocycles. The normalized spacial score (nSPS) is 14.7. The minimum atomic E-state index is 0.0710. The van der Waals surface area contributed by atoms with Gasteiger partial charge in [0, 0.05) is 18.0 Å². The van der Waals surface area contributed by atoms with E-state index in [9.17, 15) is 0 Å². The number of aliphatic hydroxyl groups is 1. The molecule has 0 spiro atoms. The average Bonchev–Trinajstić information content (AvgIpc) is 3.20. The number of benzene rings is 1. The molecule has 5 nitrogen and oxygen atoms in total. The van der Waals surface area contributed by atoms with Gasteiger partial charge in [0.05, 0.1) is 12.1 Å². The van der Waals surface area contributed by atoms with E-state index in [-0.39, 0.29) is 6.61 Å². The summed E-state index contributed by atoms with van der Waals surface area (Å²) in [6.07, 6.45) is 2.41. The molecule has 5 heteroatoms. The van der Waals surface area contributed by atoms with Gasteiger partial charge in [-0.05, 0) is 25.0 Å². The van der Waals surface area contributed by atoms with Crippen LogP contribution >= 0.6 is 0 Å². The molecule has 0 unspecified atom stereocenters. The first-order valence-corrected chi connectivity index (χ1v) is 6.25. The molecule has 0 saturated heterocycles. The number of anilines is 2. The number of aliphatic hydroxyl groups excluding tert-OH is 1. The van der Waals surface area contributed by atoms with Gasteiger partial charge < -0.3 is 15.7 Å². The van der Waals surface area contributed by atoms with Crippen LogP contribution in [0.5, 0.6) is 0 Å². The maximum absolute atomic E-state index is 8.83. The number of para-hydroxylation sites is 1. The molecule has 2 aromatic rings. The minimum Gasteiger partial charge on any atom is -0.395 e. The molecule has 0 amide bonds. The predicted octanol–water partition coefficient (Wildman–Crippen LogP) is 1.61. The maximum atomic E-state index is 8.83. The molecule has 1 aromatic carbocycles. The third-order valence-electron chi connectivity index (χ3n) is 2.92. The van der Waals surface area contributed by atoms with E-state index < -0.39 is 0 Å². The zero-order chi connectivity index (χ0) is 12.4. The molecule has 1 aliphatic rings. The lowest BCUT2D eigenvalue weighted by Crippen LogP contribution is -2.11. The first-order valence-electron chi connectivity index (χ1n) is 6.25. The summed E-state index contributed by atoms with van der Waals surface area (Å²) in [5, 5.41) is 16.3. The second-order valence-corrected chi connectivity index (χ2v) is 4.48. The maximum Gasteiger partial charge on any atom is 0.225 e. The highest BCUT2D eigenvalue weighted by molar-refractivity contribution is 5.90. The highest BCUT2D eigenvalue weighted by atomic mass is 16.3. The fourth-order valence-corrected chi connectivity index (χ4v) is 1.85. The lowest BCUT2D eigenvalue weighted by Gasteiger charge is -2.10. The van der Waals surface area contributed by atoms with Crippen LogP contribution in [0.2, 0.25) is 0 Å². The summed E-state index contributed by atoms with van der Waals surface area (Å²) in [6, 6.07) is 8.50. The predicted molar refractivity (Wildman–Crippen MR) is 71.8 cm³/mol. The summed E-state index contributed by atoms with van der Waals surface area (Å²) < 4.78 is 0. The monoisotopic (exact) mass is 244 g/mol. The SMILES string of the molecule is OCCNc1nc(NC2CC2)c2ccccc2n1. The van der Waals surface area contributed by atoms with Crippen LogP contribution in [0.4, 0.5) is 11.8 Å². The molecule has 94 valence electrons. The molecule has 18 heavy (non-hydrogen) atoms. The van der Waals surface area contributed by atoms with E-state index in [1.54, 1.807) is 0 Å². The number of aromatic nitrogens is 2. The van der Waals surface area contributed by atoms with Crippen molar-refractivity contribution in [3.8, 4) is 0 Å². The Morgan fingerprint density at radius 3 is 2.83 bits per heavy atom. The summed E-state index contributed by atoms with van der Waals surface area (Å²) in [5.74, 6) is 1.44. The molecule has 1 heterocycles. The number of nitrogens with zero attached hydrogens (tertiary/aromatic N) is 2. The first kappa shape index (κ1) is 11.2. The van der Waals surface area contributed by atoms with E-state index in [0.717, 1.165) is 16.7 Å². The first-order chi connectivity index (χ1) is 8.86. The Kier molecular flexibility index (Phi) is 2.98. The van der Waals surface area contributed by atoms with Crippen LogP contribution in [0.25, 0.3) is 10.9 Å². The Hall–Kier alpha value is -1.88. The largest absolute Gasteiger partial charge is 0.395 e. The van der Waals surface area contributed by atoms with Gasteiger partial charge in [-0.3, -0.25) is 0 Å². The fourth-order valence-electron chi connectivity index (χ4n) is 1.85. The molecule has 1 fully saturated rings. The van der Waals surface area contributed by atoms with Gasteiger partial charge in [-0.15, -0.1) is 0 Å². The van der Waals surface area contributed by atoms with Gasteiger partial charge in [-0.2, -0.15) is 4.98 Å². The molecule has 0 aliphatic heterocycles. The van der Waals surface area contributed by atoms with Gasteiger partial charge in [0.15, 0.2) is 0 Å². The molecule has 1 aromatic heterocycles. The average molecular weight is 244 g/mol. The molecule has 0 radical (unpaired) electrons. The Morgan fingerprint density at radius 1 is 1.22 bits per heavy atom. The summed E-state index contributed by atoms with van der Waals surface area (Å²) >= 11 is 0. The van der Waals surface area contributed by atoms with E-state index >= 15 is 0 Å². The van der Waals surface area contributed by atoms with Crippen LogP contribution in [-0.2, 0) is 0 Å². The van der Waals surface area contributed by atoms with Crippen LogP contribution < -0.4 is 10.6 Å². The summed E-state index contributed by atoms with van der Waals surface area (Å²) in [4.78, 5) is 8.90. The third kappa shape index (κ3) is 2.36. The molecule has 1 aliphatic carbocycles. The number of nitrogens with one attached hydrogen (secondary N) is 2. The number of rotatable bonds is 5. The van der Waals surface area contributed by atoms with Gasteiger partial charge in [-0.25, -0.2) is 4.98 Å². The van der Waals surface area contributed by atoms with Crippen LogP contribution in [0, 0.1) is 0 Å². The van der Waals surface area contributed by atoms with Gasteiger partial charge >= 0.3 is 0 Å². The Bertz CT molecular complexity index is 554. The number of hydrogen-bond acceptors (Lipinski definition) is 5. The van der Waals surface area contributed by atoms with Crippen molar-refractivity contribution in [2.45, 2.75) is 18.9 Å². The van der Waals surface area contributed by atoms with Crippen molar-refractivity contribution >= 4 is 22.7 Å². The van der Waals surface area contributed by atoms with Gasteiger partial charge in [0.25, 0.3) is 0 Å². The van der Waals surface area contributed by atoms with E-state index in [1.165, 1.54) is 12.8 Å². The van der Waals surface area contributed by atoms with Crippen molar-refractivity contribution in [2.24, 2.45) is 0 Å². The zero-order valence-corrected chi connectivity index (χ0v) is 10.1. The van der Waals surface area contributed by atoms with Crippen molar-refractivity contribution in [2.75, 3.05) is 23.8 Å². The minimum absolute atomic E-state index is 0.0710.